The lowest BCUT2D eigenvalue weighted by molar-refractivity contribution is -0.138. The molecular formula is C18H21N3O7S. The van der Waals surface area contributed by atoms with Crippen molar-refractivity contribution < 1.29 is 32.3 Å². The number of benzene rings is 1. The Morgan fingerprint density at radius 1 is 1.21 bits per heavy atom. The van der Waals surface area contributed by atoms with Crippen molar-refractivity contribution in [1.29, 1.82) is 0 Å². The maximum atomic E-state index is 12.4. The summed E-state index contributed by atoms with van der Waals surface area (Å²) in [6.07, 6.45) is 1.58. The summed E-state index contributed by atoms with van der Waals surface area (Å²) in [6.45, 7) is 1.36. The van der Waals surface area contributed by atoms with E-state index in [1.807, 2.05) is 0 Å². The fourth-order valence-corrected chi connectivity index (χ4v) is 3.92. The largest absolute Gasteiger partial charge is 0.463 e. The molecule has 1 aliphatic carbocycles. The highest BCUT2D eigenvalue weighted by Crippen LogP contribution is 2.22. The van der Waals surface area contributed by atoms with Crippen LogP contribution >= 0.6 is 0 Å². The number of esters is 2. The van der Waals surface area contributed by atoms with Crippen molar-refractivity contribution in [2.75, 3.05) is 19.8 Å². The summed E-state index contributed by atoms with van der Waals surface area (Å²) in [6, 6.07) is 4.86. The third kappa shape index (κ3) is 5.33. The number of amides is 2. The van der Waals surface area contributed by atoms with E-state index < -0.39 is 28.0 Å². The summed E-state index contributed by atoms with van der Waals surface area (Å²) >= 11 is 0. The second kappa shape index (κ2) is 8.62. The Labute approximate surface area is 167 Å². The Balaban J connectivity index is 1.71. The van der Waals surface area contributed by atoms with Crippen molar-refractivity contribution in [3.8, 4) is 0 Å². The molecule has 0 spiro atoms. The lowest BCUT2D eigenvalue weighted by atomic mass is 10.1. The first kappa shape index (κ1) is 20.8. The topological polar surface area (TPSA) is 140 Å². The van der Waals surface area contributed by atoms with Gasteiger partial charge in [-0.15, -0.1) is 0 Å². The summed E-state index contributed by atoms with van der Waals surface area (Å²) in [5, 5.41) is 4.86. The van der Waals surface area contributed by atoms with Crippen LogP contribution in [0.1, 0.15) is 30.1 Å². The van der Waals surface area contributed by atoms with Crippen LogP contribution in [0.25, 0.3) is 0 Å². The minimum Gasteiger partial charge on any atom is -0.463 e. The Morgan fingerprint density at radius 2 is 1.97 bits per heavy atom. The van der Waals surface area contributed by atoms with Gasteiger partial charge in [0.2, 0.25) is 10.0 Å². The molecule has 2 aliphatic rings. The maximum absolute atomic E-state index is 12.4. The summed E-state index contributed by atoms with van der Waals surface area (Å²) in [5.74, 6) is -1.43. The molecule has 1 saturated carbocycles. The Kier molecular flexibility index (Phi) is 6.18. The van der Waals surface area contributed by atoms with Crippen molar-refractivity contribution in [2.24, 2.45) is 0 Å². The first-order valence-electron chi connectivity index (χ1n) is 9.03. The minimum absolute atomic E-state index is 0.0298. The molecule has 156 valence electrons. The van der Waals surface area contributed by atoms with Crippen molar-refractivity contribution >= 4 is 28.0 Å². The van der Waals surface area contributed by atoms with Gasteiger partial charge < -0.3 is 20.1 Å². The molecular weight excluding hydrogens is 402 g/mol. The molecule has 1 aromatic carbocycles. The van der Waals surface area contributed by atoms with E-state index in [1.54, 1.807) is 6.92 Å². The van der Waals surface area contributed by atoms with Gasteiger partial charge in [0.1, 0.15) is 6.61 Å². The molecule has 0 radical (unpaired) electrons. The molecule has 1 fully saturated rings. The standard InChI is InChI=1S/C18H21N3O7S/c1-2-27-17(23)14-9-19-18(24)20-15(14)10-28-16(22)11-4-3-5-13(8-11)29(25,26)21-12-6-7-12/h3-5,8,12,21H,2,6-7,9-10H2,1H3,(H2,19,20,24). The number of carbonyl (C=O) groups is 3. The molecule has 3 rings (SSSR count). The number of ether oxygens (including phenoxy) is 2. The fraction of sp³-hybridized carbons (Fsp3) is 0.389. The molecule has 1 heterocycles. The molecule has 0 unspecified atom stereocenters. The van der Waals surface area contributed by atoms with Crippen LogP contribution in [0.5, 0.6) is 0 Å². The first-order valence-corrected chi connectivity index (χ1v) is 10.5. The van der Waals surface area contributed by atoms with E-state index >= 15 is 0 Å². The van der Waals surface area contributed by atoms with E-state index in [1.165, 1.54) is 24.3 Å². The van der Waals surface area contributed by atoms with Crippen molar-refractivity contribution in [1.82, 2.24) is 15.4 Å². The third-order valence-electron chi connectivity index (χ3n) is 4.20. The van der Waals surface area contributed by atoms with Gasteiger partial charge in [0.05, 0.1) is 34.9 Å². The van der Waals surface area contributed by atoms with E-state index in [0.717, 1.165) is 12.8 Å². The van der Waals surface area contributed by atoms with Gasteiger partial charge in [0.15, 0.2) is 0 Å². The highest BCUT2D eigenvalue weighted by atomic mass is 32.2. The molecule has 3 N–H and O–H groups in total. The van der Waals surface area contributed by atoms with Crippen LogP contribution in [0.4, 0.5) is 4.79 Å². The lowest BCUT2D eigenvalue weighted by Crippen LogP contribution is -2.45. The van der Waals surface area contributed by atoms with Gasteiger partial charge in [0, 0.05) is 6.04 Å². The zero-order valence-electron chi connectivity index (χ0n) is 15.7. The first-order chi connectivity index (χ1) is 13.8. The molecule has 0 saturated heterocycles. The van der Waals surface area contributed by atoms with Gasteiger partial charge in [-0.1, -0.05) is 6.07 Å². The number of carbonyl (C=O) groups excluding carboxylic acids is 3. The molecule has 10 nitrogen and oxygen atoms in total. The van der Waals surface area contributed by atoms with Gasteiger partial charge in [0.25, 0.3) is 0 Å². The van der Waals surface area contributed by atoms with Crippen LogP contribution in [0.15, 0.2) is 40.4 Å². The average molecular weight is 423 g/mol. The minimum atomic E-state index is -3.72. The van der Waals surface area contributed by atoms with E-state index in [4.69, 9.17) is 9.47 Å². The Morgan fingerprint density at radius 3 is 2.66 bits per heavy atom. The molecule has 0 bridgehead atoms. The summed E-state index contributed by atoms with van der Waals surface area (Å²) in [7, 11) is -3.72. The normalized spacial score (nSPS) is 16.7. The summed E-state index contributed by atoms with van der Waals surface area (Å²) in [5.41, 5.74) is 0.283. The Hall–Kier alpha value is -2.92. The van der Waals surface area contributed by atoms with E-state index in [9.17, 15) is 22.8 Å². The smallest absolute Gasteiger partial charge is 0.338 e. The van der Waals surface area contributed by atoms with Crippen molar-refractivity contribution in [3.05, 3.63) is 41.1 Å². The predicted octanol–water partition coefficient (Wildman–Crippen LogP) is 0.414. The zero-order chi connectivity index (χ0) is 21.0. The van der Waals surface area contributed by atoms with Crippen LogP contribution in [0.3, 0.4) is 0 Å². The third-order valence-corrected chi connectivity index (χ3v) is 5.72. The van der Waals surface area contributed by atoms with Crippen LogP contribution in [-0.4, -0.2) is 52.2 Å². The SMILES string of the molecule is CCOC(=O)C1=C(COC(=O)c2cccc(S(=O)(=O)NC3CC3)c2)NC(=O)NC1. The number of hydrogen-bond acceptors (Lipinski definition) is 7. The highest BCUT2D eigenvalue weighted by Gasteiger charge is 2.29. The molecule has 29 heavy (non-hydrogen) atoms. The molecule has 1 aromatic rings. The average Bonchev–Trinajstić information content (AvgIpc) is 3.49. The number of hydrogen-bond donors (Lipinski definition) is 3. The molecule has 0 atom stereocenters. The van der Waals surface area contributed by atoms with Gasteiger partial charge >= 0.3 is 18.0 Å². The van der Waals surface area contributed by atoms with Crippen LogP contribution in [0.2, 0.25) is 0 Å². The molecule has 11 heteroatoms. The molecule has 2 amide bonds. The summed E-state index contributed by atoms with van der Waals surface area (Å²) < 4.78 is 37.2. The predicted molar refractivity (Wildman–Crippen MR) is 100 cm³/mol. The molecule has 1 aliphatic heterocycles. The van der Waals surface area contributed by atoms with Gasteiger partial charge in [-0.2, -0.15) is 0 Å². The van der Waals surface area contributed by atoms with E-state index in [-0.39, 0.29) is 47.5 Å². The molecule has 0 aromatic heterocycles. The monoisotopic (exact) mass is 423 g/mol. The number of nitrogens with one attached hydrogen (secondary N) is 3. The number of urea groups is 1. The zero-order valence-corrected chi connectivity index (χ0v) is 16.5. The van der Waals surface area contributed by atoms with Gasteiger partial charge in [-0.05, 0) is 38.0 Å². The highest BCUT2D eigenvalue weighted by molar-refractivity contribution is 7.89. The number of rotatable bonds is 8. The Bertz CT molecular complexity index is 967. The van der Waals surface area contributed by atoms with Gasteiger partial charge in [-0.3, -0.25) is 0 Å². The quantitative estimate of drug-likeness (QED) is 0.515. The van der Waals surface area contributed by atoms with Crippen LogP contribution in [0, 0.1) is 0 Å². The number of sulfonamides is 1. The second-order valence-corrected chi connectivity index (χ2v) is 8.20. The maximum Gasteiger partial charge on any atom is 0.338 e. The second-order valence-electron chi connectivity index (χ2n) is 6.48. The summed E-state index contributed by atoms with van der Waals surface area (Å²) in [4.78, 5) is 35.9. The van der Waals surface area contributed by atoms with Crippen molar-refractivity contribution in [3.63, 3.8) is 0 Å². The van der Waals surface area contributed by atoms with Gasteiger partial charge in [-0.25, -0.2) is 27.5 Å². The van der Waals surface area contributed by atoms with Crippen LogP contribution < -0.4 is 15.4 Å². The van der Waals surface area contributed by atoms with Crippen LogP contribution in [-0.2, 0) is 24.3 Å². The van der Waals surface area contributed by atoms with Crippen molar-refractivity contribution in [2.45, 2.75) is 30.7 Å². The lowest BCUT2D eigenvalue weighted by Gasteiger charge is -2.21. The fourth-order valence-electron chi connectivity index (χ4n) is 2.57. The van der Waals surface area contributed by atoms with E-state index in [2.05, 4.69) is 15.4 Å². The van der Waals surface area contributed by atoms with E-state index in [0.29, 0.717) is 0 Å².